The van der Waals surface area contributed by atoms with Gasteiger partial charge in [-0.15, -0.1) is 0 Å². The molecule has 0 saturated heterocycles. The predicted molar refractivity (Wildman–Crippen MR) is 78.6 cm³/mol. The molecule has 0 aliphatic carbocycles. The number of ether oxygens (including phenoxy) is 1. The average Bonchev–Trinajstić information content (AvgIpc) is 2.48. The summed E-state index contributed by atoms with van der Waals surface area (Å²) in [7, 11) is 0. The molecule has 1 heterocycles. The number of hydrogen-bond acceptors (Lipinski definition) is 4. The van der Waals surface area contributed by atoms with Gasteiger partial charge >= 0.3 is 0 Å². The van der Waals surface area contributed by atoms with Crippen LogP contribution in [0.1, 0.15) is 11.3 Å². The van der Waals surface area contributed by atoms with Crippen molar-refractivity contribution in [3.8, 4) is 5.75 Å². The summed E-state index contributed by atoms with van der Waals surface area (Å²) >= 11 is 0. The van der Waals surface area contributed by atoms with E-state index < -0.39 is 6.10 Å². The first kappa shape index (κ1) is 14.5. The third-order valence-corrected chi connectivity index (χ3v) is 2.87. The lowest BCUT2D eigenvalue weighted by Crippen LogP contribution is -2.31. The zero-order valence-electron chi connectivity index (χ0n) is 11.6. The normalized spacial score (nSPS) is 12.1. The summed E-state index contributed by atoms with van der Waals surface area (Å²) in [5.41, 5.74) is 2.11. The molecule has 0 radical (unpaired) electrons. The molecule has 0 amide bonds. The molecular formula is C16H20N2O2. The quantitative estimate of drug-likeness (QED) is 0.808. The molecule has 1 unspecified atom stereocenters. The first-order valence-corrected chi connectivity index (χ1v) is 6.72. The number of aliphatic hydroxyl groups excluding tert-OH is 1. The Bertz CT molecular complexity index is 500. The molecule has 2 rings (SSSR count). The second kappa shape index (κ2) is 7.62. The van der Waals surface area contributed by atoms with Gasteiger partial charge in [0.05, 0.1) is 0 Å². The molecule has 0 saturated carbocycles. The van der Waals surface area contributed by atoms with Gasteiger partial charge in [-0.2, -0.15) is 0 Å². The molecule has 1 atom stereocenters. The molecule has 106 valence electrons. The lowest BCUT2D eigenvalue weighted by molar-refractivity contribution is 0.106. The van der Waals surface area contributed by atoms with E-state index in [0.29, 0.717) is 13.1 Å². The van der Waals surface area contributed by atoms with Crippen LogP contribution in [-0.4, -0.2) is 29.3 Å². The number of nitrogens with zero attached hydrogens (tertiary/aromatic N) is 1. The van der Waals surface area contributed by atoms with Crippen LogP contribution >= 0.6 is 0 Å². The average molecular weight is 272 g/mol. The van der Waals surface area contributed by atoms with Gasteiger partial charge in [-0.3, -0.25) is 4.98 Å². The zero-order chi connectivity index (χ0) is 14.2. The van der Waals surface area contributed by atoms with Crippen molar-refractivity contribution < 1.29 is 9.84 Å². The van der Waals surface area contributed by atoms with Crippen LogP contribution in [0.15, 0.2) is 48.7 Å². The van der Waals surface area contributed by atoms with Crippen LogP contribution in [0.2, 0.25) is 0 Å². The van der Waals surface area contributed by atoms with E-state index in [9.17, 15) is 5.11 Å². The number of benzene rings is 1. The fourth-order valence-corrected chi connectivity index (χ4v) is 1.75. The van der Waals surface area contributed by atoms with Crippen molar-refractivity contribution in [3.63, 3.8) is 0 Å². The summed E-state index contributed by atoms with van der Waals surface area (Å²) in [5.74, 6) is 0.772. The molecule has 0 aliphatic heterocycles. The molecule has 0 bridgehead atoms. The van der Waals surface area contributed by atoms with Crippen molar-refractivity contribution in [2.45, 2.75) is 19.6 Å². The zero-order valence-corrected chi connectivity index (χ0v) is 11.6. The Morgan fingerprint density at radius 1 is 1.20 bits per heavy atom. The van der Waals surface area contributed by atoms with Gasteiger partial charge in [-0.25, -0.2) is 0 Å². The van der Waals surface area contributed by atoms with E-state index in [1.54, 1.807) is 0 Å². The molecule has 20 heavy (non-hydrogen) atoms. The SMILES string of the molecule is Cc1ccc(CNCC(O)COc2ccccc2)cn1. The Labute approximate surface area is 119 Å². The van der Waals surface area contributed by atoms with Crippen molar-refractivity contribution in [2.75, 3.05) is 13.2 Å². The Morgan fingerprint density at radius 3 is 2.70 bits per heavy atom. The van der Waals surface area contributed by atoms with Crippen molar-refractivity contribution >= 4 is 0 Å². The molecule has 0 spiro atoms. The number of aryl methyl sites for hydroxylation is 1. The number of hydrogen-bond donors (Lipinski definition) is 2. The lowest BCUT2D eigenvalue weighted by Gasteiger charge is -2.13. The van der Waals surface area contributed by atoms with Gasteiger partial charge in [-0.1, -0.05) is 24.3 Å². The first-order chi connectivity index (χ1) is 9.74. The second-order valence-electron chi connectivity index (χ2n) is 4.72. The molecule has 4 heteroatoms. The van der Waals surface area contributed by atoms with Crippen molar-refractivity contribution in [1.29, 1.82) is 0 Å². The van der Waals surface area contributed by atoms with Crippen molar-refractivity contribution in [3.05, 3.63) is 59.9 Å². The minimum Gasteiger partial charge on any atom is -0.491 e. The Hall–Kier alpha value is -1.91. The van der Waals surface area contributed by atoms with Crippen molar-refractivity contribution in [2.24, 2.45) is 0 Å². The van der Waals surface area contributed by atoms with E-state index in [4.69, 9.17) is 4.74 Å². The number of aliphatic hydroxyl groups is 1. The van der Waals surface area contributed by atoms with Gasteiger partial charge in [0.15, 0.2) is 0 Å². The summed E-state index contributed by atoms with van der Waals surface area (Å²) in [6.45, 7) is 3.42. The maximum Gasteiger partial charge on any atom is 0.119 e. The highest BCUT2D eigenvalue weighted by molar-refractivity contribution is 5.20. The Balaban J connectivity index is 1.65. The smallest absolute Gasteiger partial charge is 0.119 e. The van der Waals surface area contributed by atoms with E-state index >= 15 is 0 Å². The van der Waals surface area contributed by atoms with Crippen LogP contribution in [-0.2, 0) is 6.54 Å². The Morgan fingerprint density at radius 2 is 2.00 bits per heavy atom. The van der Waals surface area contributed by atoms with Gasteiger partial charge in [0, 0.05) is 25.0 Å². The molecule has 4 nitrogen and oxygen atoms in total. The van der Waals surface area contributed by atoms with E-state index in [-0.39, 0.29) is 6.61 Å². The minimum absolute atomic E-state index is 0.281. The molecular weight excluding hydrogens is 252 g/mol. The van der Waals surface area contributed by atoms with E-state index in [1.165, 1.54) is 0 Å². The maximum atomic E-state index is 9.83. The molecule has 0 aliphatic rings. The fraction of sp³-hybridized carbons (Fsp3) is 0.312. The highest BCUT2D eigenvalue weighted by Crippen LogP contribution is 2.08. The number of nitrogens with one attached hydrogen (secondary N) is 1. The maximum absolute atomic E-state index is 9.83. The largest absolute Gasteiger partial charge is 0.491 e. The lowest BCUT2D eigenvalue weighted by atomic mass is 10.2. The summed E-state index contributed by atoms with van der Waals surface area (Å²) in [6, 6.07) is 13.5. The van der Waals surface area contributed by atoms with Crippen LogP contribution in [0, 0.1) is 6.92 Å². The number of pyridine rings is 1. The first-order valence-electron chi connectivity index (χ1n) is 6.72. The fourth-order valence-electron chi connectivity index (χ4n) is 1.75. The van der Waals surface area contributed by atoms with Gasteiger partial charge in [0.1, 0.15) is 18.5 Å². The van der Waals surface area contributed by atoms with E-state index in [1.807, 2.05) is 55.6 Å². The van der Waals surface area contributed by atoms with Crippen LogP contribution in [0.4, 0.5) is 0 Å². The molecule has 0 fully saturated rings. The third kappa shape index (κ3) is 4.99. The summed E-state index contributed by atoms with van der Waals surface area (Å²) in [5, 5.41) is 13.0. The number of rotatable bonds is 7. The highest BCUT2D eigenvalue weighted by atomic mass is 16.5. The monoisotopic (exact) mass is 272 g/mol. The summed E-state index contributed by atoms with van der Waals surface area (Å²) < 4.78 is 5.48. The third-order valence-electron chi connectivity index (χ3n) is 2.87. The van der Waals surface area contributed by atoms with Gasteiger partial charge in [-0.05, 0) is 30.7 Å². The summed E-state index contributed by atoms with van der Waals surface area (Å²) in [4.78, 5) is 4.23. The van der Waals surface area contributed by atoms with Crippen LogP contribution in [0.5, 0.6) is 5.75 Å². The van der Waals surface area contributed by atoms with Crippen LogP contribution in [0.25, 0.3) is 0 Å². The molecule has 2 aromatic rings. The van der Waals surface area contributed by atoms with Crippen LogP contribution in [0.3, 0.4) is 0 Å². The number of aromatic nitrogens is 1. The topological polar surface area (TPSA) is 54.4 Å². The van der Waals surface area contributed by atoms with Crippen LogP contribution < -0.4 is 10.1 Å². The van der Waals surface area contributed by atoms with E-state index in [0.717, 1.165) is 17.0 Å². The van der Waals surface area contributed by atoms with Gasteiger partial charge < -0.3 is 15.2 Å². The van der Waals surface area contributed by atoms with Gasteiger partial charge in [0.25, 0.3) is 0 Å². The molecule has 2 N–H and O–H groups in total. The molecule has 1 aromatic carbocycles. The highest BCUT2D eigenvalue weighted by Gasteiger charge is 2.04. The number of para-hydroxylation sites is 1. The Kier molecular flexibility index (Phi) is 5.53. The minimum atomic E-state index is -0.534. The standard InChI is InChI=1S/C16H20N2O2/c1-13-7-8-14(10-18-13)9-17-11-15(19)12-20-16-5-3-2-4-6-16/h2-8,10,15,17,19H,9,11-12H2,1H3. The second-order valence-corrected chi connectivity index (χ2v) is 4.72. The van der Waals surface area contributed by atoms with Gasteiger partial charge in [0.2, 0.25) is 0 Å². The van der Waals surface area contributed by atoms with E-state index in [2.05, 4.69) is 10.3 Å². The van der Waals surface area contributed by atoms with Crippen molar-refractivity contribution in [1.82, 2.24) is 10.3 Å². The summed E-state index contributed by atoms with van der Waals surface area (Å²) in [6.07, 6.45) is 1.31. The predicted octanol–water partition coefficient (Wildman–Crippen LogP) is 1.92. The molecule has 1 aromatic heterocycles.